The zero-order valence-corrected chi connectivity index (χ0v) is 16.5. The average molecular weight is 419 g/mol. The van der Waals surface area contributed by atoms with E-state index in [0.717, 1.165) is 11.8 Å². The lowest BCUT2D eigenvalue weighted by Gasteiger charge is -2.10. The van der Waals surface area contributed by atoms with Crippen LogP contribution in [0.2, 0.25) is 5.02 Å². The van der Waals surface area contributed by atoms with Gasteiger partial charge in [0, 0.05) is 17.3 Å². The number of hydrogen-bond acceptors (Lipinski definition) is 7. The quantitative estimate of drug-likeness (QED) is 0.350. The Balaban J connectivity index is 1.68. The van der Waals surface area contributed by atoms with Crippen molar-refractivity contribution in [1.82, 2.24) is 10.2 Å². The van der Waals surface area contributed by atoms with Gasteiger partial charge in [-0.05, 0) is 32.0 Å². The summed E-state index contributed by atoms with van der Waals surface area (Å²) in [5.41, 5.74) is 1.41. The Bertz CT molecular complexity index is 1040. The Labute approximate surface area is 169 Å². The van der Waals surface area contributed by atoms with E-state index in [1.165, 1.54) is 6.07 Å². The van der Waals surface area contributed by atoms with Gasteiger partial charge in [0.2, 0.25) is 11.8 Å². The number of nitro benzene ring substituents is 1. The van der Waals surface area contributed by atoms with Crippen LogP contribution in [0, 0.1) is 17.0 Å². The molecule has 10 heteroatoms. The molecule has 0 unspecified atom stereocenters. The second-order valence-corrected chi connectivity index (χ2v) is 7.56. The third kappa shape index (κ3) is 4.49. The number of carbonyl (C=O) groups excluding carboxylic acids is 1. The van der Waals surface area contributed by atoms with Crippen molar-refractivity contribution in [3.63, 3.8) is 0 Å². The highest BCUT2D eigenvalue weighted by atomic mass is 35.5. The zero-order chi connectivity index (χ0) is 20.3. The molecule has 3 rings (SSSR count). The molecule has 0 saturated heterocycles. The lowest BCUT2D eigenvalue weighted by atomic mass is 10.2. The number of thioether (sulfide) groups is 1. The van der Waals surface area contributed by atoms with Crippen LogP contribution in [0.25, 0.3) is 11.5 Å². The minimum absolute atomic E-state index is 0.0561. The highest BCUT2D eigenvalue weighted by molar-refractivity contribution is 8.00. The lowest BCUT2D eigenvalue weighted by molar-refractivity contribution is -0.385. The molecule has 3 aromatic rings. The van der Waals surface area contributed by atoms with Gasteiger partial charge in [-0.1, -0.05) is 41.6 Å². The number of nitro groups is 1. The fourth-order valence-corrected chi connectivity index (χ4v) is 3.23. The van der Waals surface area contributed by atoms with Crippen molar-refractivity contribution in [1.29, 1.82) is 0 Å². The van der Waals surface area contributed by atoms with Gasteiger partial charge in [0.15, 0.2) is 0 Å². The molecular formula is C18H15ClN4O4S. The molecule has 28 heavy (non-hydrogen) atoms. The van der Waals surface area contributed by atoms with Crippen molar-refractivity contribution < 1.29 is 14.1 Å². The molecule has 1 atom stereocenters. The number of amides is 1. The first-order valence-electron chi connectivity index (χ1n) is 8.16. The van der Waals surface area contributed by atoms with Crippen LogP contribution >= 0.6 is 23.4 Å². The van der Waals surface area contributed by atoms with E-state index in [0.29, 0.717) is 21.8 Å². The number of aryl methyl sites for hydroxylation is 1. The molecule has 8 nitrogen and oxygen atoms in total. The Kier molecular flexibility index (Phi) is 5.96. The first-order chi connectivity index (χ1) is 13.3. The van der Waals surface area contributed by atoms with Crippen LogP contribution in [0.5, 0.6) is 0 Å². The lowest BCUT2D eigenvalue weighted by Crippen LogP contribution is -2.22. The Morgan fingerprint density at radius 3 is 2.75 bits per heavy atom. The molecule has 0 radical (unpaired) electrons. The first-order valence-corrected chi connectivity index (χ1v) is 9.42. The second-order valence-electron chi connectivity index (χ2n) is 5.86. The van der Waals surface area contributed by atoms with Crippen LogP contribution < -0.4 is 5.32 Å². The van der Waals surface area contributed by atoms with Crippen LogP contribution in [0.15, 0.2) is 52.1 Å². The van der Waals surface area contributed by atoms with Gasteiger partial charge in [0.25, 0.3) is 10.9 Å². The topological polar surface area (TPSA) is 111 Å². The van der Waals surface area contributed by atoms with Crippen LogP contribution in [-0.2, 0) is 4.79 Å². The molecule has 0 aliphatic rings. The standard InChI is InChI=1S/C18H15ClN4O4S/c1-10-7-8-12(9-15(10)23(25)26)20-16(24)11(2)28-18-22-21-17(27-18)13-5-3-4-6-14(13)19/h3-9,11H,1-2H3,(H,20,24)/t11-/m0/s1. The van der Waals surface area contributed by atoms with E-state index < -0.39 is 10.2 Å². The van der Waals surface area contributed by atoms with E-state index >= 15 is 0 Å². The van der Waals surface area contributed by atoms with Crippen LogP contribution in [0.3, 0.4) is 0 Å². The van der Waals surface area contributed by atoms with Gasteiger partial charge < -0.3 is 9.73 Å². The van der Waals surface area contributed by atoms with E-state index in [1.54, 1.807) is 50.2 Å². The number of rotatable bonds is 6. The minimum atomic E-state index is -0.570. The summed E-state index contributed by atoms with van der Waals surface area (Å²) >= 11 is 7.19. The second kappa shape index (κ2) is 8.41. The number of aromatic nitrogens is 2. The van der Waals surface area contributed by atoms with Crippen molar-refractivity contribution in [2.24, 2.45) is 0 Å². The average Bonchev–Trinajstić information content (AvgIpc) is 3.11. The summed E-state index contributed by atoms with van der Waals surface area (Å²) in [6, 6.07) is 11.6. The van der Waals surface area contributed by atoms with Gasteiger partial charge >= 0.3 is 0 Å². The van der Waals surface area contributed by atoms with E-state index in [1.807, 2.05) is 0 Å². The zero-order valence-electron chi connectivity index (χ0n) is 14.9. The summed E-state index contributed by atoms with van der Waals surface area (Å²) in [6.45, 7) is 3.30. The number of halogens is 1. The maximum Gasteiger partial charge on any atom is 0.277 e. The Morgan fingerprint density at radius 2 is 2.04 bits per heavy atom. The Hall–Kier alpha value is -2.91. The highest BCUT2D eigenvalue weighted by Crippen LogP contribution is 2.30. The Morgan fingerprint density at radius 1 is 1.29 bits per heavy atom. The number of anilines is 1. The van der Waals surface area contributed by atoms with Gasteiger partial charge in [-0.3, -0.25) is 14.9 Å². The van der Waals surface area contributed by atoms with Crippen molar-refractivity contribution >= 4 is 40.6 Å². The summed E-state index contributed by atoms with van der Waals surface area (Å²) in [6.07, 6.45) is 0. The number of nitrogens with one attached hydrogen (secondary N) is 1. The predicted molar refractivity (Wildman–Crippen MR) is 107 cm³/mol. The molecule has 0 saturated carbocycles. The third-order valence-electron chi connectivity index (χ3n) is 3.83. The molecule has 0 fully saturated rings. The van der Waals surface area contributed by atoms with Crippen LogP contribution in [-0.4, -0.2) is 26.3 Å². The molecule has 0 aliphatic carbocycles. The minimum Gasteiger partial charge on any atom is -0.411 e. The molecule has 1 N–H and O–H groups in total. The summed E-state index contributed by atoms with van der Waals surface area (Å²) in [4.78, 5) is 22.9. The van der Waals surface area contributed by atoms with E-state index in [9.17, 15) is 14.9 Å². The summed E-state index contributed by atoms with van der Waals surface area (Å²) in [5, 5.41) is 21.7. The number of benzene rings is 2. The van der Waals surface area contributed by atoms with Gasteiger partial charge in [-0.2, -0.15) is 0 Å². The van der Waals surface area contributed by atoms with Crippen molar-refractivity contribution in [3.05, 3.63) is 63.2 Å². The molecule has 2 aromatic carbocycles. The van der Waals surface area contributed by atoms with Gasteiger partial charge in [-0.25, -0.2) is 0 Å². The maximum absolute atomic E-state index is 12.4. The highest BCUT2D eigenvalue weighted by Gasteiger charge is 2.20. The van der Waals surface area contributed by atoms with Gasteiger partial charge in [0.05, 0.1) is 20.8 Å². The SMILES string of the molecule is Cc1ccc(NC(=O)[C@H](C)Sc2nnc(-c3ccccc3Cl)o2)cc1[N+](=O)[O-]. The van der Waals surface area contributed by atoms with Gasteiger partial charge in [0.1, 0.15) is 0 Å². The number of nitrogens with zero attached hydrogens (tertiary/aromatic N) is 3. The molecular weight excluding hydrogens is 404 g/mol. The molecule has 0 spiro atoms. The fraction of sp³-hybridized carbons (Fsp3) is 0.167. The first kappa shape index (κ1) is 19.8. The van der Waals surface area contributed by atoms with Crippen LogP contribution in [0.1, 0.15) is 12.5 Å². The van der Waals surface area contributed by atoms with E-state index in [4.69, 9.17) is 16.0 Å². The molecule has 1 aromatic heterocycles. The monoisotopic (exact) mass is 418 g/mol. The van der Waals surface area contributed by atoms with Crippen LogP contribution in [0.4, 0.5) is 11.4 Å². The van der Waals surface area contributed by atoms with Gasteiger partial charge in [-0.15, -0.1) is 10.2 Å². The maximum atomic E-state index is 12.4. The van der Waals surface area contributed by atoms with E-state index in [2.05, 4.69) is 15.5 Å². The van der Waals surface area contributed by atoms with E-state index in [-0.39, 0.29) is 22.7 Å². The van der Waals surface area contributed by atoms with Crippen molar-refractivity contribution in [3.8, 4) is 11.5 Å². The predicted octanol–water partition coefficient (Wildman–Crippen LogP) is 4.73. The molecule has 144 valence electrons. The summed E-state index contributed by atoms with van der Waals surface area (Å²) in [7, 11) is 0. The van der Waals surface area contributed by atoms with Crippen molar-refractivity contribution in [2.75, 3.05) is 5.32 Å². The summed E-state index contributed by atoms with van der Waals surface area (Å²) in [5.74, 6) is -0.0875. The molecule has 0 bridgehead atoms. The fourth-order valence-electron chi connectivity index (χ4n) is 2.33. The molecule has 0 aliphatic heterocycles. The molecule has 1 amide bonds. The summed E-state index contributed by atoms with van der Waals surface area (Å²) < 4.78 is 5.57. The van der Waals surface area contributed by atoms with Crippen molar-refractivity contribution in [2.45, 2.75) is 24.3 Å². The largest absolute Gasteiger partial charge is 0.411 e. The smallest absolute Gasteiger partial charge is 0.277 e. The number of carbonyl (C=O) groups is 1. The number of hydrogen-bond donors (Lipinski definition) is 1. The normalized spacial score (nSPS) is 11.8. The molecule has 1 heterocycles. The third-order valence-corrected chi connectivity index (χ3v) is 5.09.